The van der Waals surface area contributed by atoms with Gasteiger partial charge >= 0.3 is 0 Å². The van der Waals surface area contributed by atoms with Crippen molar-refractivity contribution < 1.29 is 19.2 Å². The maximum absolute atomic E-state index is 13.8. The third kappa shape index (κ3) is 4.67. The standard InChI is InChI=1S/C38H32N4O4/c43-35-29-17-19-31-34-32(38(46)42(37(31)45)28-15-11-26(12-16-28)40-22-24-7-3-4-8-24)20-18-30(33(29)34)36(44)41(35)27-13-9-25(10-14-27)39-21-23-5-1-2-6-23/h9-24H,1-8H2. The number of aliphatic imine (C=N–C) groups is 2. The highest BCUT2D eigenvalue weighted by Crippen LogP contribution is 2.40. The summed E-state index contributed by atoms with van der Waals surface area (Å²) in [5, 5.41) is 0.689. The van der Waals surface area contributed by atoms with Crippen LogP contribution in [0.2, 0.25) is 0 Å². The molecule has 0 atom stereocenters. The molecule has 46 heavy (non-hydrogen) atoms. The Balaban J connectivity index is 1.09. The number of imide groups is 2. The van der Waals surface area contributed by atoms with Gasteiger partial charge in [-0.25, -0.2) is 9.80 Å². The molecule has 2 heterocycles. The molecule has 8 rings (SSSR count). The number of carbonyl (C=O) groups is 4. The summed E-state index contributed by atoms with van der Waals surface area (Å²) in [4.78, 5) is 66.8. The van der Waals surface area contributed by atoms with E-state index in [9.17, 15) is 19.2 Å². The van der Waals surface area contributed by atoms with E-state index < -0.39 is 23.6 Å². The molecule has 2 aliphatic carbocycles. The fraction of sp³-hybridized carbons (Fsp3) is 0.263. The first-order valence-electron chi connectivity index (χ1n) is 16.1. The average Bonchev–Trinajstić information content (AvgIpc) is 3.81. The Kier molecular flexibility index (Phi) is 6.93. The van der Waals surface area contributed by atoms with Gasteiger partial charge in [-0.2, -0.15) is 0 Å². The van der Waals surface area contributed by atoms with Gasteiger partial charge in [-0.3, -0.25) is 29.2 Å². The predicted octanol–water partition coefficient (Wildman–Crippen LogP) is 8.23. The minimum absolute atomic E-state index is 0.275. The molecule has 0 bridgehead atoms. The summed E-state index contributed by atoms with van der Waals surface area (Å²) < 4.78 is 0. The molecule has 4 aromatic carbocycles. The summed E-state index contributed by atoms with van der Waals surface area (Å²) in [5.41, 5.74) is 3.49. The van der Waals surface area contributed by atoms with Gasteiger partial charge in [0.1, 0.15) is 0 Å². The van der Waals surface area contributed by atoms with Crippen molar-refractivity contribution in [2.45, 2.75) is 51.4 Å². The monoisotopic (exact) mass is 608 g/mol. The quantitative estimate of drug-likeness (QED) is 0.163. The highest BCUT2D eigenvalue weighted by molar-refractivity contribution is 6.42. The zero-order chi connectivity index (χ0) is 31.4. The lowest BCUT2D eigenvalue weighted by molar-refractivity contribution is 0.0873. The fourth-order valence-corrected chi connectivity index (χ4v) is 7.32. The van der Waals surface area contributed by atoms with Gasteiger partial charge in [0.2, 0.25) is 0 Å². The number of amides is 4. The molecule has 2 saturated carbocycles. The van der Waals surface area contributed by atoms with Crippen molar-refractivity contribution in [1.29, 1.82) is 0 Å². The van der Waals surface area contributed by atoms with Crippen molar-refractivity contribution in [3.8, 4) is 0 Å². The number of anilines is 2. The first kappa shape index (κ1) is 28.2. The third-order valence-corrected chi connectivity index (χ3v) is 9.78. The Morgan fingerprint density at radius 3 is 1.07 bits per heavy atom. The largest absolute Gasteiger partial charge is 0.268 e. The van der Waals surface area contributed by atoms with E-state index in [0.717, 1.165) is 46.9 Å². The molecule has 2 fully saturated rings. The van der Waals surface area contributed by atoms with Crippen LogP contribution >= 0.6 is 0 Å². The van der Waals surface area contributed by atoms with Crippen LogP contribution in [0.5, 0.6) is 0 Å². The Morgan fingerprint density at radius 1 is 0.457 bits per heavy atom. The van der Waals surface area contributed by atoms with E-state index in [1.807, 2.05) is 12.4 Å². The molecule has 4 aromatic rings. The normalized spacial score (nSPS) is 18.8. The second-order valence-electron chi connectivity index (χ2n) is 12.6. The SMILES string of the molecule is O=C1c2ccc3c4c(ccc(c24)C(=O)N1c1ccc(N=CC2CCCC2)cc1)C(=O)N(c1ccc(N=CC2CCCC2)cc1)C3=O. The molecule has 0 spiro atoms. The second kappa shape index (κ2) is 11.3. The van der Waals surface area contributed by atoms with Gasteiger partial charge < -0.3 is 0 Å². The molecule has 0 saturated heterocycles. The summed E-state index contributed by atoms with van der Waals surface area (Å²) in [5.74, 6) is -1.00. The molecule has 4 aliphatic rings. The topological polar surface area (TPSA) is 99.5 Å². The lowest BCUT2D eigenvalue weighted by Crippen LogP contribution is -2.43. The first-order valence-corrected chi connectivity index (χ1v) is 16.1. The maximum atomic E-state index is 13.8. The highest BCUT2D eigenvalue weighted by Gasteiger charge is 2.40. The summed E-state index contributed by atoms with van der Waals surface area (Å²) in [6.07, 6.45) is 13.6. The van der Waals surface area contributed by atoms with Crippen molar-refractivity contribution in [2.24, 2.45) is 21.8 Å². The first-order chi connectivity index (χ1) is 22.5. The molecule has 8 heteroatoms. The Morgan fingerprint density at radius 2 is 0.761 bits per heavy atom. The van der Waals surface area contributed by atoms with Crippen LogP contribution in [0.25, 0.3) is 10.8 Å². The Bertz CT molecular complexity index is 1770. The van der Waals surface area contributed by atoms with Crippen LogP contribution in [-0.4, -0.2) is 36.1 Å². The van der Waals surface area contributed by atoms with E-state index in [2.05, 4.69) is 9.98 Å². The molecule has 228 valence electrons. The number of carbonyl (C=O) groups excluding carboxylic acids is 4. The molecule has 0 unspecified atom stereocenters. The zero-order valence-electron chi connectivity index (χ0n) is 25.3. The number of hydrogen-bond donors (Lipinski definition) is 0. The van der Waals surface area contributed by atoms with Crippen LogP contribution in [0.4, 0.5) is 22.7 Å². The van der Waals surface area contributed by atoms with E-state index in [0.29, 0.717) is 34.0 Å². The average molecular weight is 609 g/mol. The molecule has 0 N–H and O–H groups in total. The third-order valence-electron chi connectivity index (χ3n) is 9.78. The van der Waals surface area contributed by atoms with Crippen LogP contribution < -0.4 is 9.80 Å². The predicted molar refractivity (Wildman–Crippen MR) is 179 cm³/mol. The van der Waals surface area contributed by atoms with E-state index in [-0.39, 0.29) is 22.3 Å². The number of hydrogen-bond acceptors (Lipinski definition) is 6. The summed E-state index contributed by atoms with van der Waals surface area (Å²) >= 11 is 0. The van der Waals surface area contributed by atoms with Gasteiger partial charge in [0.15, 0.2) is 0 Å². The Hall–Kier alpha value is -5.24. The lowest BCUT2D eigenvalue weighted by atomic mass is 9.85. The summed E-state index contributed by atoms with van der Waals surface area (Å²) in [7, 11) is 0. The molecule has 0 radical (unpaired) electrons. The number of benzene rings is 4. The molecule has 4 amide bonds. The van der Waals surface area contributed by atoms with Crippen LogP contribution in [0.15, 0.2) is 82.8 Å². The summed E-state index contributed by atoms with van der Waals surface area (Å²) in [6.45, 7) is 0. The smallest absolute Gasteiger partial charge is 0.265 e. The number of nitrogens with zero attached hydrogens (tertiary/aromatic N) is 4. The van der Waals surface area contributed by atoms with Crippen molar-refractivity contribution in [3.05, 3.63) is 95.1 Å². The minimum atomic E-state index is -0.500. The highest BCUT2D eigenvalue weighted by atomic mass is 16.2. The van der Waals surface area contributed by atoms with Crippen LogP contribution in [0, 0.1) is 11.8 Å². The van der Waals surface area contributed by atoms with E-state index in [1.165, 1.54) is 25.7 Å². The van der Waals surface area contributed by atoms with Crippen LogP contribution in [-0.2, 0) is 0 Å². The molecule has 8 nitrogen and oxygen atoms in total. The van der Waals surface area contributed by atoms with Gasteiger partial charge in [-0.05, 0) is 110 Å². The Labute approximate surface area is 266 Å². The lowest BCUT2D eigenvalue weighted by Gasteiger charge is -2.32. The van der Waals surface area contributed by atoms with E-state index in [4.69, 9.17) is 0 Å². The number of rotatable bonds is 6. The van der Waals surface area contributed by atoms with Crippen molar-refractivity contribution in [3.63, 3.8) is 0 Å². The van der Waals surface area contributed by atoms with Crippen LogP contribution in [0.1, 0.15) is 92.8 Å². The second-order valence-corrected chi connectivity index (χ2v) is 12.6. The van der Waals surface area contributed by atoms with Gasteiger partial charge in [0.05, 0.1) is 22.7 Å². The van der Waals surface area contributed by atoms with Gasteiger partial charge in [0, 0.05) is 45.5 Å². The van der Waals surface area contributed by atoms with Gasteiger partial charge in [-0.15, -0.1) is 0 Å². The molecule has 2 aliphatic heterocycles. The van der Waals surface area contributed by atoms with Crippen molar-refractivity contribution in [1.82, 2.24) is 0 Å². The van der Waals surface area contributed by atoms with Crippen molar-refractivity contribution >= 4 is 69.6 Å². The molecular weight excluding hydrogens is 576 g/mol. The minimum Gasteiger partial charge on any atom is -0.268 e. The van der Waals surface area contributed by atoms with Crippen molar-refractivity contribution in [2.75, 3.05) is 9.80 Å². The molecule has 0 aromatic heterocycles. The summed E-state index contributed by atoms with van der Waals surface area (Å²) in [6, 6.07) is 20.4. The van der Waals surface area contributed by atoms with E-state index >= 15 is 0 Å². The van der Waals surface area contributed by atoms with Gasteiger partial charge in [0.25, 0.3) is 23.6 Å². The zero-order valence-corrected chi connectivity index (χ0v) is 25.3. The van der Waals surface area contributed by atoms with Gasteiger partial charge in [-0.1, -0.05) is 25.7 Å². The fourth-order valence-electron chi connectivity index (χ4n) is 7.32. The van der Waals surface area contributed by atoms with Crippen LogP contribution in [0.3, 0.4) is 0 Å². The van der Waals surface area contributed by atoms with E-state index in [1.54, 1.807) is 72.8 Å². The molecular formula is C38H32N4O4. The maximum Gasteiger partial charge on any atom is 0.265 e.